The Balaban J connectivity index is 2.30. The molecular formula is C13H13Se. The van der Waals surface area contributed by atoms with E-state index in [0.29, 0.717) is 0 Å². The van der Waals surface area contributed by atoms with Gasteiger partial charge in [0, 0.05) is 0 Å². The van der Waals surface area contributed by atoms with Crippen LogP contribution in [-0.2, 0) is 0 Å². The van der Waals surface area contributed by atoms with Crippen LogP contribution >= 0.6 is 0 Å². The molecule has 0 aliphatic carbocycles. The van der Waals surface area contributed by atoms with Crippen LogP contribution in [0.25, 0.3) is 0 Å². The first kappa shape index (κ1) is 9.51. The first-order valence-corrected chi connectivity index (χ1v) is 8.06. The Labute approximate surface area is 89.5 Å². The van der Waals surface area contributed by atoms with Gasteiger partial charge in [0.15, 0.2) is 0 Å². The number of benzene rings is 2. The third-order valence-corrected chi connectivity index (χ3v) is 6.30. The van der Waals surface area contributed by atoms with E-state index in [9.17, 15) is 0 Å². The molecule has 1 radical (unpaired) electrons. The van der Waals surface area contributed by atoms with Gasteiger partial charge in [0.05, 0.1) is 0 Å². The summed E-state index contributed by atoms with van der Waals surface area (Å²) in [5, 5.41) is 0. The molecule has 71 valence electrons. The van der Waals surface area contributed by atoms with Crippen molar-refractivity contribution in [3.05, 3.63) is 60.7 Å². The van der Waals surface area contributed by atoms with E-state index in [1.165, 1.54) is 8.92 Å². The van der Waals surface area contributed by atoms with Crippen LogP contribution in [0.5, 0.6) is 0 Å². The summed E-state index contributed by atoms with van der Waals surface area (Å²) in [6, 6.07) is 21.6. The summed E-state index contributed by atoms with van der Waals surface area (Å²) in [5.41, 5.74) is 0. The van der Waals surface area contributed by atoms with Crippen molar-refractivity contribution in [3.8, 4) is 0 Å². The average molecular weight is 248 g/mol. The molecule has 0 fully saturated rings. The quantitative estimate of drug-likeness (QED) is 0.712. The van der Waals surface area contributed by atoms with Gasteiger partial charge in [-0.25, -0.2) is 0 Å². The van der Waals surface area contributed by atoms with Gasteiger partial charge in [0.2, 0.25) is 0 Å². The summed E-state index contributed by atoms with van der Waals surface area (Å²) >= 11 is -0.779. The van der Waals surface area contributed by atoms with Gasteiger partial charge in [-0.1, -0.05) is 0 Å². The topological polar surface area (TPSA) is 0 Å². The van der Waals surface area contributed by atoms with Crippen molar-refractivity contribution in [1.29, 1.82) is 0 Å². The summed E-state index contributed by atoms with van der Waals surface area (Å²) in [6.07, 6.45) is 0. The molecule has 0 saturated heterocycles. The first-order chi connectivity index (χ1) is 6.88. The molecule has 0 aliphatic heterocycles. The molecule has 0 bridgehead atoms. The van der Waals surface area contributed by atoms with Gasteiger partial charge in [-0.15, -0.1) is 0 Å². The van der Waals surface area contributed by atoms with Crippen molar-refractivity contribution in [2.45, 2.75) is 5.82 Å². The molecule has 0 spiro atoms. The standard InChI is InChI=1S/C13H13Se/c1-14(12-8-4-2-5-9-12)13-10-6-3-7-11-13/h2-11H,1H3. The van der Waals surface area contributed by atoms with Crippen LogP contribution in [0.4, 0.5) is 0 Å². The van der Waals surface area contributed by atoms with E-state index in [4.69, 9.17) is 0 Å². The summed E-state index contributed by atoms with van der Waals surface area (Å²) in [5.74, 6) is 2.37. The number of hydrogen-bond acceptors (Lipinski definition) is 0. The fraction of sp³-hybridized carbons (Fsp3) is 0.0769. The molecule has 1 heteroatoms. The summed E-state index contributed by atoms with van der Waals surface area (Å²) < 4.78 is 3.00. The van der Waals surface area contributed by atoms with Crippen molar-refractivity contribution >= 4 is 22.8 Å². The Bertz CT molecular complexity index is 341. The summed E-state index contributed by atoms with van der Waals surface area (Å²) in [6.45, 7) is 0. The van der Waals surface area contributed by atoms with Crippen molar-refractivity contribution in [3.63, 3.8) is 0 Å². The van der Waals surface area contributed by atoms with Crippen LogP contribution < -0.4 is 8.92 Å². The van der Waals surface area contributed by atoms with E-state index in [1.807, 2.05) is 0 Å². The predicted molar refractivity (Wildman–Crippen MR) is 63.8 cm³/mol. The van der Waals surface area contributed by atoms with Gasteiger partial charge in [-0.05, 0) is 0 Å². The van der Waals surface area contributed by atoms with Gasteiger partial charge in [0.1, 0.15) is 0 Å². The van der Waals surface area contributed by atoms with E-state index < -0.39 is 13.9 Å². The van der Waals surface area contributed by atoms with Crippen molar-refractivity contribution in [2.75, 3.05) is 0 Å². The Kier molecular flexibility index (Phi) is 3.03. The molecular weight excluding hydrogens is 235 g/mol. The van der Waals surface area contributed by atoms with Crippen LogP contribution in [0.3, 0.4) is 0 Å². The van der Waals surface area contributed by atoms with Gasteiger partial charge in [-0.2, -0.15) is 0 Å². The Hall–Kier alpha value is -1.04. The first-order valence-electron chi connectivity index (χ1n) is 4.64. The Morgan fingerprint density at radius 2 is 1.00 bits per heavy atom. The number of hydrogen-bond donors (Lipinski definition) is 0. The van der Waals surface area contributed by atoms with Crippen molar-refractivity contribution in [2.24, 2.45) is 0 Å². The molecule has 0 N–H and O–H groups in total. The second-order valence-electron chi connectivity index (χ2n) is 3.14. The molecule has 0 nitrogen and oxygen atoms in total. The van der Waals surface area contributed by atoms with E-state index in [2.05, 4.69) is 66.5 Å². The average Bonchev–Trinajstić information content (AvgIpc) is 2.30. The minimum atomic E-state index is -0.779. The summed E-state index contributed by atoms with van der Waals surface area (Å²) in [4.78, 5) is 0. The van der Waals surface area contributed by atoms with Gasteiger partial charge >= 0.3 is 89.3 Å². The fourth-order valence-electron chi connectivity index (χ4n) is 1.39. The molecule has 0 unspecified atom stereocenters. The normalized spacial score (nSPS) is 10.4. The third kappa shape index (κ3) is 2.06. The summed E-state index contributed by atoms with van der Waals surface area (Å²) in [7, 11) is 0. The SMILES string of the molecule is C[Se](c1ccccc1)c1ccccc1. The molecule has 0 amide bonds. The molecule has 14 heavy (non-hydrogen) atoms. The molecule has 2 rings (SSSR count). The van der Waals surface area contributed by atoms with E-state index in [1.54, 1.807) is 0 Å². The maximum absolute atomic E-state index is 2.37. The van der Waals surface area contributed by atoms with E-state index in [0.717, 1.165) is 0 Å². The van der Waals surface area contributed by atoms with Crippen molar-refractivity contribution in [1.82, 2.24) is 0 Å². The molecule has 0 saturated carbocycles. The molecule has 0 aliphatic rings. The van der Waals surface area contributed by atoms with E-state index >= 15 is 0 Å². The molecule has 0 heterocycles. The van der Waals surface area contributed by atoms with Crippen LogP contribution in [-0.4, -0.2) is 13.9 Å². The van der Waals surface area contributed by atoms with Gasteiger partial charge in [-0.3, -0.25) is 0 Å². The van der Waals surface area contributed by atoms with E-state index in [-0.39, 0.29) is 0 Å². The van der Waals surface area contributed by atoms with Crippen LogP contribution in [0.2, 0.25) is 5.82 Å². The third-order valence-electron chi connectivity index (χ3n) is 2.19. The van der Waals surface area contributed by atoms with Crippen molar-refractivity contribution < 1.29 is 0 Å². The Morgan fingerprint density at radius 1 is 0.643 bits per heavy atom. The Morgan fingerprint density at radius 3 is 1.36 bits per heavy atom. The second-order valence-corrected chi connectivity index (χ2v) is 7.26. The zero-order chi connectivity index (χ0) is 9.80. The monoisotopic (exact) mass is 249 g/mol. The predicted octanol–water partition coefficient (Wildman–Crippen LogP) is 1.93. The van der Waals surface area contributed by atoms with Crippen LogP contribution in [0.1, 0.15) is 0 Å². The molecule has 0 atom stereocenters. The fourth-order valence-corrected chi connectivity index (χ4v) is 4.33. The van der Waals surface area contributed by atoms with Gasteiger partial charge in [0.25, 0.3) is 0 Å². The number of rotatable bonds is 2. The molecule has 2 aromatic carbocycles. The molecule has 2 aromatic rings. The zero-order valence-electron chi connectivity index (χ0n) is 8.18. The van der Waals surface area contributed by atoms with Crippen LogP contribution in [0.15, 0.2) is 60.7 Å². The van der Waals surface area contributed by atoms with Gasteiger partial charge < -0.3 is 0 Å². The zero-order valence-corrected chi connectivity index (χ0v) is 9.89. The maximum atomic E-state index is 2.37. The molecule has 0 aromatic heterocycles. The second kappa shape index (κ2) is 4.45. The minimum absolute atomic E-state index is 0.779. The van der Waals surface area contributed by atoms with Crippen LogP contribution in [0, 0.1) is 0 Å².